The molecule has 98 valence electrons. The number of nitrogens with zero attached hydrogens (tertiary/aromatic N) is 1. The molecule has 18 heavy (non-hydrogen) atoms. The standard InChI is InChI=1S/C12H16N2O2S2/c1-9-3-2-4-10(12(13)17)11(9)14-5-7-18(15,16)8-6-14/h2-4H,5-8H2,1H3,(H2,13,17). The van der Waals surface area contributed by atoms with Crippen molar-refractivity contribution in [1.82, 2.24) is 0 Å². The molecule has 0 aromatic heterocycles. The maximum atomic E-state index is 11.5. The van der Waals surface area contributed by atoms with Crippen LogP contribution in [0.25, 0.3) is 0 Å². The van der Waals surface area contributed by atoms with Crippen molar-refractivity contribution in [2.24, 2.45) is 5.73 Å². The van der Waals surface area contributed by atoms with Crippen LogP contribution in [-0.2, 0) is 9.84 Å². The Morgan fingerprint density at radius 1 is 1.33 bits per heavy atom. The minimum absolute atomic E-state index is 0.193. The summed E-state index contributed by atoms with van der Waals surface area (Å²) >= 11 is 5.06. The van der Waals surface area contributed by atoms with Crippen molar-refractivity contribution in [2.45, 2.75) is 6.92 Å². The van der Waals surface area contributed by atoms with Gasteiger partial charge in [0.25, 0.3) is 0 Å². The maximum absolute atomic E-state index is 11.5. The fraction of sp³-hybridized carbons (Fsp3) is 0.417. The van der Waals surface area contributed by atoms with Gasteiger partial charge in [-0.05, 0) is 18.6 Å². The maximum Gasteiger partial charge on any atom is 0.153 e. The van der Waals surface area contributed by atoms with E-state index in [0.717, 1.165) is 16.8 Å². The van der Waals surface area contributed by atoms with Crippen molar-refractivity contribution in [3.05, 3.63) is 29.3 Å². The molecular formula is C12H16N2O2S2. The Hall–Kier alpha value is -1.14. The van der Waals surface area contributed by atoms with Crippen molar-refractivity contribution in [1.29, 1.82) is 0 Å². The highest BCUT2D eigenvalue weighted by Crippen LogP contribution is 2.26. The molecule has 0 radical (unpaired) electrons. The van der Waals surface area contributed by atoms with Gasteiger partial charge in [0.1, 0.15) is 4.99 Å². The van der Waals surface area contributed by atoms with E-state index < -0.39 is 9.84 Å². The van der Waals surface area contributed by atoms with E-state index in [2.05, 4.69) is 4.90 Å². The van der Waals surface area contributed by atoms with Crippen LogP contribution in [0.15, 0.2) is 18.2 Å². The van der Waals surface area contributed by atoms with Gasteiger partial charge in [0.15, 0.2) is 9.84 Å². The van der Waals surface area contributed by atoms with E-state index in [1.165, 1.54) is 0 Å². The van der Waals surface area contributed by atoms with Gasteiger partial charge >= 0.3 is 0 Å². The van der Waals surface area contributed by atoms with E-state index in [0.29, 0.717) is 18.1 Å². The first-order chi connectivity index (χ1) is 8.41. The van der Waals surface area contributed by atoms with Crippen molar-refractivity contribution in [3.63, 3.8) is 0 Å². The molecule has 0 spiro atoms. The normalized spacial score (nSPS) is 18.6. The molecule has 0 aliphatic carbocycles. The van der Waals surface area contributed by atoms with Crippen molar-refractivity contribution in [3.8, 4) is 0 Å². The fourth-order valence-corrected chi connectivity index (χ4v) is 3.58. The van der Waals surface area contributed by atoms with Crippen LogP contribution in [0.1, 0.15) is 11.1 Å². The molecule has 0 amide bonds. The molecule has 2 rings (SSSR count). The summed E-state index contributed by atoms with van der Waals surface area (Å²) < 4.78 is 22.9. The van der Waals surface area contributed by atoms with E-state index in [-0.39, 0.29) is 11.5 Å². The lowest BCUT2D eigenvalue weighted by Crippen LogP contribution is -2.41. The Morgan fingerprint density at radius 3 is 2.50 bits per heavy atom. The van der Waals surface area contributed by atoms with Crippen molar-refractivity contribution in [2.75, 3.05) is 29.5 Å². The molecule has 0 atom stereocenters. The van der Waals surface area contributed by atoms with Crippen molar-refractivity contribution < 1.29 is 8.42 Å². The molecule has 1 saturated heterocycles. The second-order valence-electron chi connectivity index (χ2n) is 4.47. The van der Waals surface area contributed by atoms with Gasteiger partial charge in [-0.1, -0.05) is 24.4 Å². The number of hydrogen-bond donors (Lipinski definition) is 1. The van der Waals surface area contributed by atoms with E-state index in [1.54, 1.807) is 0 Å². The monoisotopic (exact) mass is 284 g/mol. The van der Waals surface area contributed by atoms with Gasteiger partial charge in [0, 0.05) is 24.3 Å². The Balaban J connectivity index is 2.37. The van der Waals surface area contributed by atoms with E-state index in [4.69, 9.17) is 18.0 Å². The molecule has 1 aliphatic heterocycles. The van der Waals surface area contributed by atoms with Gasteiger partial charge in [-0.2, -0.15) is 0 Å². The summed E-state index contributed by atoms with van der Waals surface area (Å²) in [5.41, 5.74) is 8.59. The zero-order valence-electron chi connectivity index (χ0n) is 10.2. The lowest BCUT2D eigenvalue weighted by molar-refractivity contribution is 0.586. The fourth-order valence-electron chi connectivity index (χ4n) is 2.21. The predicted octanol–water partition coefficient (Wildman–Crippen LogP) is 0.864. The number of aryl methyl sites for hydroxylation is 1. The summed E-state index contributed by atoms with van der Waals surface area (Å²) in [5.74, 6) is 0.385. The molecule has 0 bridgehead atoms. The molecule has 2 N–H and O–H groups in total. The highest BCUT2D eigenvalue weighted by molar-refractivity contribution is 7.91. The number of hydrogen-bond acceptors (Lipinski definition) is 4. The van der Waals surface area contributed by atoms with Crippen LogP contribution < -0.4 is 10.6 Å². The number of anilines is 1. The average Bonchev–Trinajstić information content (AvgIpc) is 2.29. The molecule has 1 fully saturated rings. The molecule has 0 saturated carbocycles. The number of nitrogens with two attached hydrogens (primary N) is 1. The summed E-state index contributed by atoms with van der Waals surface area (Å²) in [7, 11) is -2.88. The molecule has 1 aromatic carbocycles. The third-order valence-corrected chi connectivity index (χ3v) is 4.99. The molecule has 1 aliphatic rings. The van der Waals surface area contributed by atoms with Gasteiger partial charge in [0.2, 0.25) is 0 Å². The number of benzene rings is 1. The third kappa shape index (κ3) is 2.64. The van der Waals surface area contributed by atoms with Crippen LogP contribution in [0, 0.1) is 6.92 Å². The Kier molecular flexibility index (Phi) is 3.59. The number of thiocarbonyl (C=S) groups is 1. The lowest BCUT2D eigenvalue weighted by atomic mass is 10.1. The molecule has 0 unspecified atom stereocenters. The Labute approximate surface area is 113 Å². The molecular weight excluding hydrogens is 268 g/mol. The highest BCUT2D eigenvalue weighted by atomic mass is 32.2. The molecule has 4 nitrogen and oxygen atoms in total. The summed E-state index contributed by atoms with van der Waals surface area (Å²) in [4.78, 5) is 2.41. The lowest BCUT2D eigenvalue weighted by Gasteiger charge is -2.31. The highest BCUT2D eigenvalue weighted by Gasteiger charge is 2.24. The zero-order chi connectivity index (χ0) is 13.3. The Morgan fingerprint density at radius 2 is 1.94 bits per heavy atom. The number of sulfone groups is 1. The number of para-hydroxylation sites is 1. The minimum Gasteiger partial charge on any atom is -0.389 e. The van der Waals surface area contributed by atoms with Crippen LogP contribution in [0.2, 0.25) is 0 Å². The number of rotatable bonds is 2. The van der Waals surface area contributed by atoms with E-state index >= 15 is 0 Å². The molecule has 1 heterocycles. The second kappa shape index (κ2) is 4.85. The topological polar surface area (TPSA) is 63.4 Å². The van der Waals surface area contributed by atoms with Crippen LogP contribution in [0.5, 0.6) is 0 Å². The van der Waals surface area contributed by atoms with Crippen LogP contribution in [0.3, 0.4) is 0 Å². The quantitative estimate of drug-likeness (QED) is 0.816. The summed E-state index contributed by atoms with van der Waals surface area (Å²) in [6.45, 7) is 2.99. The van der Waals surface area contributed by atoms with Gasteiger partial charge in [0.05, 0.1) is 11.5 Å². The SMILES string of the molecule is Cc1cccc(C(N)=S)c1N1CCS(=O)(=O)CC1. The summed E-state index contributed by atoms with van der Waals surface area (Å²) in [6, 6.07) is 5.78. The van der Waals surface area contributed by atoms with Crippen LogP contribution >= 0.6 is 12.2 Å². The minimum atomic E-state index is -2.88. The van der Waals surface area contributed by atoms with Gasteiger partial charge in [-0.3, -0.25) is 0 Å². The van der Waals surface area contributed by atoms with Crippen molar-refractivity contribution >= 4 is 32.7 Å². The molecule has 1 aromatic rings. The first kappa shape index (κ1) is 13.3. The van der Waals surface area contributed by atoms with E-state index in [9.17, 15) is 8.42 Å². The van der Waals surface area contributed by atoms with Crippen LogP contribution in [-0.4, -0.2) is 38.0 Å². The van der Waals surface area contributed by atoms with Gasteiger partial charge in [-0.25, -0.2) is 8.42 Å². The summed E-state index contributed by atoms with van der Waals surface area (Å²) in [5, 5.41) is 0. The first-order valence-electron chi connectivity index (χ1n) is 5.75. The smallest absolute Gasteiger partial charge is 0.153 e. The predicted molar refractivity (Wildman–Crippen MR) is 77.9 cm³/mol. The molecule has 6 heteroatoms. The van der Waals surface area contributed by atoms with Gasteiger partial charge < -0.3 is 10.6 Å². The second-order valence-corrected chi connectivity index (χ2v) is 7.22. The Bertz CT molecular complexity index is 568. The summed E-state index contributed by atoms with van der Waals surface area (Å²) in [6.07, 6.45) is 0. The first-order valence-corrected chi connectivity index (χ1v) is 7.98. The van der Waals surface area contributed by atoms with E-state index in [1.807, 2.05) is 25.1 Å². The average molecular weight is 284 g/mol. The zero-order valence-corrected chi connectivity index (χ0v) is 11.9. The largest absolute Gasteiger partial charge is 0.389 e. The third-order valence-electron chi connectivity index (χ3n) is 3.16. The van der Waals surface area contributed by atoms with Crippen LogP contribution in [0.4, 0.5) is 5.69 Å². The van der Waals surface area contributed by atoms with Gasteiger partial charge in [-0.15, -0.1) is 0 Å².